The number of benzene rings is 1. The maximum absolute atomic E-state index is 12.1. The van der Waals surface area contributed by atoms with Crippen molar-refractivity contribution >= 4 is 26.0 Å². The van der Waals surface area contributed by atoms with Crippen LogP contribution in [0.1, 0.15) is 0 Å². The Hall–Kier alpha value is -2.10. The molecule has 0 bridgehead atoms. The summed E-state index contributed by atoms with van der Waals surface area (Å²) >= 11 is 0. The number of ether oxygens (including phenoxy) is 1. The standard InChI is InChI=1S/C10H6F3NO6S2/c1-2-9(15)20-7-3-5-8(6-4-7)21(16,17)14-22(18,19)10(11,12)13/h1,3-6,14H. The number of alkyl halides is 3. The fraction of sp³-hybridized carbons (Fsp3) is 0.100. The number of terminal acetylenes is 1. The van der Waals surface area contributed by atoms with Crippen LogP contribution >= 0.6 is 0 Å². The molecule has 0 fully saturated rings. The lowest BCUT2D eigenvalue weighted by molar-refractivity contribution is -0.128. The molecule has 1 aromatic rings. The summed E-state index contributed by atoms with van der Waals surface area (Å²) in [4.78, 5) is 9.98. The van der Waals surface area contributed by atoms with Crippen molar-refractivity contribution in [3.05, 3.63) is 24.3 Å². The number of hydrogen-bond acceptors (Lipinski definition) is 6. The predicted octanol–water partition coefficient (Wildman–Crippen LogP) is 0.353. The van der Waals surface area contributed by atoms with Gasteiger partial charge in [0, 0.05) is 5.92 Å². The molecule has 1 N–H and O–H groups in total. The Kier molecular flexibility index (Phi) is 4.86. The van der Waals surface area contributed by atoms with Crippen LogP contribution in [0.15, 0.2) is 29.2 Å². The van der Waals surface area contributed by atoms with Gasteiger partial charge in [-0.05, 0) is 24.3 Å². The number of esters is 1. The molecular formula is C10H6F3NO6S2. The Balaban J connectivity index is 3.06. The van der Waals surface area contributed by atoms with Crippen LogP contribution in [0.25, 0.3) is 0 Å². The second-order valence-corrected chi connectivity index (χ2v) is 7.16. The number of carbonyl (C=O) groups excluding carboxylic acids is 1. The Morgan fingerprint density at radius 3 is 2.05 bits per heavy atom. The molecule has 0 aliphatic carbocycles. The molecule has 0 aliphatic heterocycles. The van der Waals surface area contributed by atoms with Crippen LogP contribution in [0, 0.1) is 12.3 Å². The minimum atomic E-state index is -6.09. The van der Waals surface area contributed by atoms with E-state index in [-0.39, 0.29) is 5.75 Å². The maximum Gasteiger partial charge on any atom is 0.512 e. The molecule has 12 heteroatoms. The van der Waals surface area contributed by atoms with E-state index in [9.17, 15) is 34.8 Å². The normalized spacial score (nSPS) is 12.5. The third-order valence-corrected chi connectivity index (χ3v) is 5.24. The number of sulfonamides is 2. The molecule has 0 aromatic heterocycles. The van der Waals surface area contributed by atoms with E-state index in [0.717, 1.165) is 24.3 Å². The van der Waals surface area contributed by atoms with Gasteiger partial charge in [-0.15, -0.1) is 6.42 Å². The molecule has 120 valence electrons. The van der Waals surface area contributed by atoms with E-state index in [1.54, 1.807) is 5.92 Å². The van der Waals surface area contributed by atoms with E-state index in [2.05, 4.69) is 4.74 Å². The van der Waals surface area contributed by atoms with Crippen molar-refractivity contribution in [2.45, 2.75) is 10.4 Å². The fourth-order valence-corrected chi connectivity index (χ4v) is 3.48. The van der Waals surface area contributed by atoms with Crippen molar-refractivity contribution in [2.75, 3.05) is 0 Å². The molecule has 22 heavy (non-hydrogen) atoms. The SMILES string of the molecule is C#CC(=O)Oc1ccc(S(=O)(=O)NS(=O)(=O)C(F)(F)F)cc1. The zero-order valence-corrected chi connectivity index (χ0v) is 11.9. The zero-order chi connectivity index (χ0) is 17.2. The summed E-state index contributed by atoms with van der Waals surface area (Å²) in [7, 11) is -11.1. The molecule has 0 amide bonds. The molecule has 0 spiro atoms. The minimum absolute atomic E-state index is 0.180. The highest BCUT2D eigenvalue weighted by Crippen LogP contribution is 2.24. The quantitative estimate of drug-likeness (QED) is 0.361. The first kappa shape index (κ1) is 18.0. The van der Waals surface area contributed by atoms with Gasteiger partial charge in [0.05, 0.1) is 4.90 Å². The van der Waals surface area contributed by atoms with Gasteiger partial charge >= 0.3 is 21.5 Å². The summed E-state index contributed by atoms with van der Waals surface area (Å²) in [6.45, 7) is 0. The largest absolute Gasteiger partial charge is 0.512 e. The second kappa shape index (κ2) is 5.95. The fourth-order valence-electron chi connectivity index (χ4n) is 1.06. The first-order chi connectivity index (χ1) is 9.89. The Morgan fingerprint density at radius 2 is 1.64 bits per heavy atom. The molecule has 7 nitrogen and oxygen atoms in total. The summed E-state index contributed by atoms with van der Waals surface area (Å²) < 4.78 is 86.1. The third kappa shape index (κ3) is 4.20. The van der Waals surface area contributed by atoms with Gasteiger partial charge in [0.15, 0.2) is 0 Å². The average Bonchev–Trinajstić information content (AvgIpc) is 2.36. The number of rotatable bonds is 4. The van der Waals surface area contributed by atoms with Crippen molar-refractivity contribution in [2.24, 2.45) is 0 Å². The Morgan fingerprint density at radius 1 is 1.14 bits per heavy atom. The lowest BCUT2D eigenvalue weighted by Crippen LogP contribution is -2.40. The van der Waals surface area contributed by atoms with Crippen molar-refractivity contribution in [1.29, 1.82) is 0 Å². The molecule has 0 radical (unpaired) electrons. The lowest BCUT2D eigenvalue weighted by atomic mass is 10.3. The monoisotopic (exact) mass is 357 g/mol. The van der Waals surface area contributed by atoms with Crippen LogP contribution < -0.4 is 8.86 Å². The van der Waals surface area contributed by atoms with Gasteiger partial charge in [-0.2, -0.15) is 13.2 Å². The molecule has 0 saturated carbocycles. The van der Waals surface area contributed by atoms with Gasteiger partial charge in [0.25, 0.3) is 10.0 Å². The molecule has 1 aromatic carbocycles. The van der Waals surface area contributed by atoms with E-state index in [1.165, 1.54) is 0 Å². The van der Waals surface area contributed by atoms with Crippen molar-refractivity contribution in [3.63, 3.8) is 0 Å². The van der Waals surface area contributed by atoms with E-state index in [4.69, 9.17) is 6.42 Å². The van der Waals surface area contributed by atoms with E-state index in [0.29, 0.717) is 4.13 Å². The van der Waals surface area contributed by atoms with E-state index >= 15 is 0 Å². The van der Waals surface area contributed by atoms with Crippen LogP contribution in [0.3, 0.4) is 0 Å². The molecule has 0 heterocycles. The van der Waals surface area contributed by atoms with Crippen LogP contribution in [-0.2, 0) is 24.8 Å². The summed E-state index contributed by atoms with van der Waals surface area (Å²) in [5.41, 5.74) is -5.79. The summed E-state index contributed by atoms with van der Waals surface area (Å²) in [5.74, 6) is 0.354. The van der Waals surface area contributed by atoms with Gasteiger partial charge < -0.3 is 4.74 Å². The van der Waals surface area contributed by atoms with Crippen molar-refractivity contribution in [1.82, 2.24) is 4.13 Å². The highest BCUT2D eigenvalue weighted by molar-refractivity contribution is 8.05. The topological polar surface area (TPSA) is 107 Å². The third-order valence-electron chi connectivity index (χ3n) is 1.99. The average molecular weight is 357 g/mol. The smallest absolute Gasteiger partial charge is 0.417 e. The molecule has 0 saturated heterocycles. The van der Waals surface area contributed by atoms with Crippen LogP contribution in [0.4, 0.5) is 13.2 Å². The second-order valence-electron chi connectivity index (χ2n) is 3.54. The van der Waals surface area contributed by atoms with Crippen molar-refractivity contribution < 1.29 is 39.5 Å². The summed E-state index contributed by atoms with van der Waals surface area (Å²) in [6.07, 6.45) is 4.73. The van der Waals surface area contributed by atoms with Gasteiger partial charge in [-0.25, -0.2) is 21.6 Å². The van der Waals surface area contributed by atoms with E-state index < -0.39 is 36.4 Å². The van der Waals surface area contributed by atoms with Crippen LogP contribution in [0.5, 0.6) is 5.75 Å². The maximum atomic E-state index is 12.1. The minimum Gasteiger partial charge on any atom is -0.417 e. The number of halogens is 3. The Bertz CT molecular complexity index is 819. The molecular weight excluding hydrogens is 351 g/mol. The first-order valence-corrected chi connectivity index (χ1v) is 7.99. The summed E-state index contributed by atoms with van der Waals surface area (Å²) in [5, 5.41) is 0. The van der Waals surface area contributed by atoms with Gasteiger partial charge in [-0.1, -0.05) is 4.13 Å². The molecule has 1 rings (SSSR count). The zero-order valence-electron chi connectivity index (χ0n) is 10.3. The van der Waals surface area contributed by atoms with Gasteiger partial charge in [0.1, 0.15) is 5.75 Å². The number of hydrogen-bond donors (Lipinski definition) is 1. The van der Waals surface area contributed by atoms with Gasteiger partial charge in [0.2, 0.25) is 0 Å². The molecule has 0 unspecified atom stereocenters. The lowest BCUT2D eigenvalue weighted by Gasteiger charge is -2.10. The Labute approximate surface area is 123 Å². The predicted molar refractivity (Wildman–Crippen MR) is 66.2 cm³/mol. The number of carbonyl (C=O) groups is 1. The highest BCUT2D eigenvalue weighted by Gasteiger charge is 2.48. The first-order valence-electron chi connectivity index (χ1n) is 5.02. The van der Waals surface area contributed by atoms with Crippen LogP contribution in [0.2, 0.25) is 0 Å². The van der Waals surface area contributed by atoms with Gasteiger partial charge in [-0.3, -0.25) is 0 Å². The highest BCUT2D eigenvalue weighted by atomic mass is 32.3. The molecule has 0 atom stereocenters. The number of nitrogens with one attached hydrogen (secondary N) is 1. The van der Waals surface area contributed by atoms with Crippen molar-refractivity contribution in [3.8, 4) is 18.1 Å². The molecule has 0 aliphatic rings. The van der Waals surface area contributed by atoms with Crippen LogP contribution in [-0.4, -0.2) is 28.3 Å². The summed E-state index contributed by atoms with van der Waals surface area (Å²) in [6, 6.07) is 3.27. The van der Waals surface area contributed by atoms with E-state index in [1.807, 2.05) is 0 Å².